The third kappa shape index (κ3) is 4.01. The monoisotopic (exact) mass is 514 g/mol. The van der Waals surface area contributed by atoms with Crippen LogP contribution in [0.1, 0.15) is 24.1 Å². The second-order valence-electron chi connectivity index (χ2n) is 8.64. The molecule has 11 heteroatoms. The lowest BCUT2D eigenvalue weighted by molar-refractivity contribution is -0.246. The zero-order valence-electron chi connectivity index (χ0n) is 19.1. The number of benzene rings is 3. The van der Waals surface area contributed by atoms with Gasteiger partial charge in [0.15, 0.2) is 0 Å². The molecule has 0 bridgehead atoms. The third-order valence-corrected chi connectivity index (χ3v) is 6.35. The molecule has 3 N–H and O–H groups in total. The van der Waals surface area contributed by atoms with Crippen molar-refractivity contribution in [2.75, 3.05) is 5.43 Å². The molecule has 37 heavy (non-hydrogen) atoms. The van der Waals surface area contributed by atoms with Crippen molar-refractivity contribution in [1.82, 2.24) is 15.2 Å². The van der Waals surface area contributed by atoms with Crippen molar-refractivity contribution in [3.63, 3.8) is 0 Å². The molecule has 0 aliphatic heterocycles. The number of rotatable bonds is 5. The normalized spacial score (nSPS) is 17.2. The minimum absolute atomic E-state index is 0.0338. The summed E-state index contributed by atoms with van der Waals surface area (Å²) in [6.07, 6.45) is -2.39. The number of carbonyl (C=O) groups excluding carboxylic acids is 1. The summed E-state index contributed by atoms with van der Waals surface area (Å²) in [5.74, 6) is -1.92. The minimum Gasteiger partial charge on any atom is -0.372 e. The Bertz CT molecular complexity index is 1500. The Balaban J connectivity index is 1.49. The second kappa shape index (κ2) is 8.70. The maximum absolute atomic E-state index is 14.6. The van der Waals surface area contributed by atoms with E-state index in [0.717, 1.165) is 12.1 Å². The first-order valence-electron chi connectivity index (χ1n) is 11.1. The van der Waals surface area contributed by atoms with Crippen molar-refractivity contribution < 1.29 is 31.9 Å². The number of anilines is 1. The average molecular weight is 514 g/mol. The highest BCUT2D eigenvalue weighted by atomic mass is 19.4. The zero-order valence-corrected chi connectivity index (χ0v) is 19.1. The minimum atomic E-state index is -5.10. The van der Waals surface area contributed by atoms with Crippen LogP contribution in [-0.2, 0) is 10.4 Å². The Labute approximate surface area is 207 Å². The number of aromatic nitrogens is 2. The highest BCUT2D eigenvalue weighted by Gasteiger charge is 2.61. The van der Waals surface area contributed by atoms with Gasteiger partial charge in [-0.05, 0) is 60.0 Å². The first-order chi connectivity index (χ1) is 17.5. The van der Waals surface area contributed by atoms with Crippen LogP contribution in [0.25, 0.3) is 22.3 Å². The zero-order chi connectivity index (χ0) is 26.5. The van der Waals surface area contributed by atoms with Gasteiger partial charge >= 0.3 is 6.18 Å². The van der Waals surface area contributed by atoms with E-state index in [-0.39, 0.29) is 22.3 Å². The Morgan fingerprint density at radius 1 is 1.00 bits per heavy atom. The van der Waals surface area contributed by atoms with E-state index in [1.165, 1.54) is 66.5 Å². The quantitative estimate of drug-likeness (QED) is 0.249. The number of amides is 1. The van der Waals surface area contributed by atoms with E-state index in [1.54, 1.807) is 0 Å². The molecule has 5 rings (SSSR count). The van der Waals surface area contributed by atoms with Crippen LogP contribution in [0.15, 0.2) is 73.1 Å². The van der Waals surface area contributed by atoms with Crippen LogP contribution in [0.2, 0.25) is 0 Å². The predicted molar refractivity (Wildman–Crippen MR) is 125 cm³/mol. The lowest BCUT2D eigenvalue weighted by Crippen LogP contribution is -2.41. The van der Waals surface area contributed by atoms with Crippen molar-refractivity contribution >= 4 is 11.6 Å². The van der Waals surface area contributed by atoms with Crippen molar-refractivity contribution in [2.24, 2.45) is 0 Å². The van der Waals surface area contributed by atoms with Crippen LogP contribution < -0.4 is 10.9 Å². The number of aliphatic hydroxyl groups is 1. The molecule has 2 atom stereocenters. The summed E-state index contributed by atoms with van der Waals surface area (Å²) in [6, 6.07) is 11.7. The van der Waals surface area contributed by atoms with Crippen LogP contribution in [-0.4, -0.2) is 27.0 Å². The number of hydrogen-bond donors (Lipinski definition) is 3. The van der Waals surface area contributed by atoms with Crippen LogP contribution in [0.5, 0.6) is 0 Å². The molecule has 0 fully saturated rings. The number of hydrogen-bond acceptors (Lipinski definition) is 4. The first-order valence-corrected chi connectivity index (χ1v) is 11.1. The van der Waals surface area contributed by atoms with Crippen molar-refractivity contribution in [2.45, 2.75) is 24.7 Å². The van der Waals surface area contributed by atoms with Gasteiger partial charge in [-0.15, -0.1) is 0 Å². The van der Waals surface area contributed by atoms with Gasteiger partial charge in [0.2, 0.25) is 5.60 Å². The van der Waals surface area contributed by atoms with E-state index in [4.69, 9.17) is 0 Å². The Morgan fingerprint density at radius 3 is 2.41 bits per heavy atom. The van der Waals surface area contributed by atoms with E-state index in [1.807, 2.05) is 0 Å². The molecule has 190 valence electrons. The summed E-state index contributed by atoms with van der Waals surface area (Å²) in [4.78, 5) is 12.6. The van der Waals surface area contributed by atoms with E-state index >= 15 is 0 Å². The summed E-state index contributed by atoms with van der Waals surface area (Å²) in [6.45, 7) is 1.53. The van der Waals surface area contributed by atoms with Crippen molar-refractivity contribution in [3.05, 3.63) is 95.8 Å². The van der Waals surface area contributed by atoms with Gasteiger partial charge in [0.25, 0.3) is 5.91 Å². The summed E-state index contributed by atoms with van der Waals surface area (Å²) >= 11 is 0. The van der Waals surface area contributed by atoms with Crippen LogP contribution in [0, 0.1) is 11.6 Å². The SMILES string of the molecule is C[C@@H](C(=O)NNc1ccc(F)cc1)n1cc(-c2cc(F)cc3c2-c2ccccc2[C@@]3(O)C(F)(F)F)cn1. The molecular formula is C26H19F5N4O2. The molecule has 0 saturated heterocycles. The lowest BCUT2D eigenvalue weighted by Gasteiger charge is -2.28. The summed E-state index contributed by atoms with van der Waals surface area (Å²) in [7, 11) is 0. The summed E-state index contributed by atoms with van der Waals surface area (Å²) in [5, 5.41) is 15.0. The molecule has 1 aliphatic rings. The van der Waals surface area contributed by atoms with E-state index in [9.17, 15) is 31.9 Å². The number of hydrazine groups is 1. The smallest absolute Gasteiger partial charge is 0.372 e. The fraction of sp³-hybridized carbons (Fsp3) is 0.154. The van der Waals surface area contributed by atoms with Crippen LogP contribution in [0.4, 0.5) is 27.6 Å². The number of nitrogens with zero attached hydrogens (tertiary/aromatic N) is 2. The highest BCUT2D eigenvalue weighted by Crippen LogP contribution is 2.57. The lowest BCUT2D eigenvalue weighted by atomic mass is 9.89. The van der Waals surface area contributed by atoms with E-state index in [0.29, 0.717) is 11.8 Å². The topological polar surface area (TPSA) is 79.2 Å². The van der Waals surface area contributed by atoms with Gasteiger partial charge in [0.1, 0.15) is 17.7 Å². The fourth-order valence-electron chi connectivity index (χ4n) is 4.46. The predicted octanol–water partition coefficient (Wildman–Crippen LogP) is 5.31. The maximum Gasteiger partial charge on any atom is 0.425 e. The van der Waals surface area contributed by atoms with Gasteiger partial charge in [-0.3, -0.25) is 20.3 Å². The number of nitrogens with one attached hydrogen (secondary N) is 2. The third-order valence-electron chi connectivity index (χ3n) is 6.35. The molecule has 1 aliphatic carbocycles. The van der Waals surface area contributed by atoms with Crippen molar-refractivity contribution in [1.29, 1.82) is 0 Å². The molecule has 3 aromatic carbocycles. The standard InChI is InChI=1S/C26H19F5N4O2/c1-14(24(36)34-33-18-8-6-16(27)7-9-18)35-13-15(12-32-35)20-10-17(28)11-22-23(20)19-4-2-3-5-21(19)25(22,37)26(29,30)31/h2-14,33,37H,1H3,(H,34,36)/t14-,25-/m0/s1. The van der Waals surface area contributed by atoms with Crippen LogP contribution >= 0.6 is 0 Å². The molecule has 6 nitrogen and oxygen atoms in total. The van der Waals surface area contributed by atoms with Crippen molar-refractivity contribution in [3.8, 4) is 22.3 Å². The van der Waals surface area contributed by atoms with Gasteiger partial charge in [0.05, 0.1) is 11.9 Å². The first kappa shape index (κ1) is 24.4. The average Bonchev–Trinajstić information content (AvgIpc) is 3.45. The number of fused-ring (bicyclic) bond motifs is 3. The molecule has 1 amide bonds. The van der Waals surface area contributed by atoms with Crippen LogP contribution in [0.3, 0.4) is 0 Å². The van der Waals surface area contributed by atoms with Gasteiger partial charge in [-0.2, -0.15) is 18.3 Å². The number of alkyl halides is 3. The summed E-state index contributed by atoms with van der Waals surface area (Å²) in [5.41, 5.74) is 1.66. The number of carbonyl (C=O) groups is 1. The molecule has 0 spiro atoms. The molecular weight excluding hydrogens is 495 g/mol. The highest BCUT2D eigenvalue weighted by molar-refractivity contribution is 5.92. The largest absolute Gasteiger partial charge is 0.425 e. The maximum atomic E-state index is 14.6. The Morgan fingerprint density at radius 2 is 1.70 bits per heavy atom. The molecule has 0 radical (unpaired) electrons. The van der Waals surface area contributed by atoms with E-state index in [2.05, 4.69) is 16.0 Å². The summed E-state index contributed by atoms with van der Waals surface area (Å²) < 4.78 is 71.3. The number of halogens is 5. The molecule has 4 aromatic rings. The van der Waals surface area contributed by atoms with Gasteiger partial charge in [-0.25, -0.2) is 8.78 Å². The second-order valence-corrected chi connectivity index (χ2v) is 8.64. The van der Waals surface area contributed by atoms with Gasteiger partial charge in [-0.1, -0.05) is 24.3 Å². The molecule has 1 heterocycles. The molecule has 0 unspecified atom stereocenters. The molecule has 0 saturated carbocycles. The fourth-order valence-corrected chi connectivity index (χ4v) is 4.46. The van der Waals surface area contributed by atoms with Gasteiger partial charge in [0, 0.05) is 22.9 Å². The Hall–Kier alpha value is -4.25. The van der Waals surface area contributed by atoms with Gasteiger partial charge < -0.3 is 5.11 Å². The molecule has 1 aromatic heterocycles. The Kier molecular flexibility index (Phi) is 5.75. The van der Waals surface area contributed by atoms with E-state index < -0.39 is 46.5 Å².